The second-order valence-corrected chi connectivity index (χ2v) is 6.71. The van der Waals surface area contributed by atoms with Gasteiger partial charge in [0.1, 0.15) is 5.75 Å². The maximum Gasteiger partial charge on any atom is 0.237 e. The third kappa shape index (κ3) is 4.62. The first kappa shape index (κ1) is 18.4. The molecule has 0 spiro atoms. The Morgan fingerprint density at radius 1 is 1.12 bits per heavy atom. The van der Waals surface area contributed by atoms with Gasteiger partial charge in [-0.05, 0) is 29.7 Å². The fourth-order valence-corrected chi connectivity index (χ4v) is 3.49. The van der Waals surface area contributed by atoms with Crippen molar-refractivity contribution in [2.45, 2.75) is 31.6 Å². The van der Waals surface area contributed by atoms with Crippen LogP contribution in [-0.2, 0) is 17.9 Å². The lowest BCUT2D eigenvalue weighted by Crippen LogP contribution is -2.41. The van der Waals surface area contributed by atoms with Crippen LogP contribution in [0.5, 0.6) is 5.75 Å². The Kier molecular flexibility index (Phi) is 6.26. The number of carbonyl (C=O) groups excluding carboxylic acids is 1. The molecule has 1 aliphatic rings. The zero-order valence-electron chi connectivity index (χ0n) is 15.4. The lowest BCUT2D eigenvalue weighted by molar-refractivity contribution is -0.125. The molecule has 0 unspecified atom stereocenters. The molecule has 138 valence electrons. The smallest absolute Gasteiger partial charge is 0.237 e. The zero-order chi connectivity index (χ0) is 18.4. The lowest BCUT2D eigenvalue weighted by Gasteiger charge is -2.22. The van der Waals surface area contributed by atoms with Crippen LogP contribution in [0.2, 0.25) is 0 Å². The molecule has 2 N–H and O–H groups in total. The van der Waals surface area contributed by atoms with Gasteiger partial charge in [-0.2, -0.15) is 0 Å². The van der Waals surface area contributed by atoms with Crippen LogP contribution >= 0.6 is 0 Å². The summed E-state index contributed by atoms with van der Waals surface area (Å²) >= 11 is 0. The van der Waals surface area contributed by atoms with E-state index in [1.807, 2.05) is 30.3 Å². The zero-order valence-corrected chi connectivity index (χ0v) is 15.4. The topological polar surface area (TPSA) is 53.6 Å². The largest absolute Gasteiger partial charge is 0.497 e. The number of carbonyl (C=O) groups is 1. The number of benzene rings is 2. The highest BCUT2D eigenvalue weighted by molar-refractivity contribution is 5.81. The molecule has 2 aromatic rings. The van der Waals surface area contributed by atoms with Gasteiger partial charge in [0.05, 0.1) is 13.2 Å². The third-order valence-corrected chi connectivity index (χ3v) is 4.93. The Hall–Kier alpha value is -2.37. The normalized spacial score (nSPS) is 20.1. The first-order valence-corrected chi connectivity index (χ1v) is 9.05. The number of methoxy groups -OCH3 is 1. The van der Waals surface area contributed by atoms with Gasteiger partial charge in [0.25, 0.3) is 0 Å². The minimum Gasteiger partial charge on any atom is -0.497 e. The highest BCUT2D eigenvalue weighted by atomic mass is 16.5. The van der Waals surface area contributed by atoms with Gasteiger partial charge in [0.2, 0.25) is 5.91 Å². The van der Waals surface area contributed by atoms with Crippen LogP contribution in [0.1, 0.15) is 17.5 Å². The maximum absolute atomic E-state index is 12.3. The van der Waals surface area contributed by atoms with Crippen molar-refractivity contribution >= 4 is 5.91 Å². The second-order valence-electron chi connectivity index (χ2n) is 6.71. The average Bonchev–Trinajstić information content (AvgIpc) is 3.09. The summed E-state index contributed by atoms with van der Waals surface area (Å²) in [5, 5.41) is 6.41. The molecular weight excluding hydrogens is 326 g/mol. The highest BCUT2D eigenvalue weighted by Gasteiger charge is 2.35. The van der Waals surface area contributed by atoms with E-state index in [0.717, 1.165) is 31.8 Å². The van der Waals surface area contributed by atoms with Crippen LogP contribution in [0, 0.1) is 0 Å². The number of ether oxygens (including phenoxy) is 1. The Morgan fingerprint density at radius 2 is 1.85 bits per heavy atom. The number of nitrogens with one attached hydrogen (secondary N) is 2. The highest BCUT2D eigenvalue weighted by Crippen LogP contribution is 2.21. The van der Waals surface area contributed by atoms with Gasteiger partial charge in [0, 0.05) is 32.7 Å². The molecule has 3 rings (SSSR count). The van der Waals surface area contributed by atoms with Gasteiger partial charge >= 0.3 is 0 Å². The summed E-state index contributed by atoms with van der Waals surface area (Å²) in [6.07, 6.45) is 0.822. The summed E-state index contributed by atoms with van der Waals surface area (Å²) in [4.78, 5) is 14.6. The molecule has 26 heavy (non-hydrogen) atoms. The van der Waals surface area contributed by atoms with Crippen LogP contribution in [0.15, 0.2) is 54.6 Å². The van der Waals surface area contributed by atoms with Crippen molar-refractivity contribution in [3.05, 3.63) is 65.7 Å². The molecule has 0 radical (unpaired) electrons. The summed E-state index contributed by atoms with van der Waals surface area (Å²) in [5.74, 6) is 0.956. The van der Waals surface area contributed by atoms with Crippen molar-refractivity contribution in [3.8, 4) is 5.75 Å². The molecule has 2 atom stereocenters. The van der Waals surface area contributed by atoms with Gasteiger partial charge in [-0.1, -0.05) is 42.5 Å². The lowest BCUT2D eigenvalue weighted by atomic mass is 10.1. The quantitative estimate of drug-likeness (QED) is 0.801. The SMILES string of the molecule is CNC(=O)[C@@H]1C[C@H](NCc2ccc(OC)cc2)CN1Cc1ccccc1. The maximum atomic E-state index is 12.3. The minimum absolute atomic E-state index is 0.0893. The standard InChI is InChI=1S/C21H27N3O2/c1-22-21(25)20-12-18(15-24(20)14-17-6-4-3-5-7-17)23-13-16-8-10-19(26-2)11-9-16/h3-11,18,20,23H,12-15H2,1-2H3,(H,22,25)/t18-,20-/m0/s1. The molecule has 2 aromatic carbocycles. The molecule has 0 aromatic heterocycles. The van der Waals surface area contributed by atoms with Gasteiger partial charge < -0.3 is 15.4 Å². The monoisotopic (exact) mass is 353 g/mol. The molecule has 0 bridgehead atoms. The predicted octanol–water partition coefficient (Wildman–Crippen LogP) is 2.17. The van der Waals surface area contributed by atoms with Gasteiger partial charge in [-0.15, -0.1) is 0 Å². The van der Waals surface area contributed by atoms with Crippen molar-refractivity contribution < 1.29 is 9.53 Å². The van der Waals surface area contributed by atoms with E-state index in [1.165, 1.54) is 11.1 Å². The molecule has 1 fully saturated rings. The molecule has 1 saturated heterocycles. The number of rotatable bonds is 7. The van der Waals surface area contributed by atoms with Gasteiger partial charge in [0.15, 0.2) is 0 Å². The molecule has 0 aliphatic carbocycles. The van der Waals surface area contributed by atoms with Crippen LogP contribution in [-0.4, -0.2) is 43.6 Å². The number of hydrogen-bond donors (Lipinski definition) is 2. The van der Waals surface area contributed by atoms with Crippen molar-refractivity contribution in [1.29, 1.82) is 0 Å². The third-order valence-electron chi connectivity index (χ3n) is 4.93. The Bertz CT molecular complexity index is 703. The van der Waals surface area contributed by atoms with Crippen molar-refractivity contribution in [2.24, 2.45) is 0 Å². The number of hydrogen-bond acceptors (Lipinski definition) is 4. The summed E-state index contributed by atoms with van der Waals surface area (Å²) < 4.78 is 5.20. The van der Waals surface area contributed by atoms with Crippen molar-refractivity contribution in [2.75, 3.05) is 20.7 Å². The molecular formula is C21H27N3O2. The minimum atomic E-state index is -0.0893. The summed E-state index contributed by atoms with van der Waals surface area (Å²) in [6, 6.07) is 18.6. The van der Waals surface area contributed by atoms with Gasteiger partial charge in [-0.25, -0.2) is 0 Å². The molecule has 1 heterocycles. The van der Waals surface area contributed by atoms with E-state index in [1.54, 1.807) is 14.2 Å². The summed E-state index contributed by atoms with van der Waals surface area (Å²) in [7, 11) is 3.38. The first-order valence-electron chi connectivity index (χ1n) is 9.05. The molecule has 1 amide bonds. The number of likely N-dealkylation sites (N-methyl/N-ethyl adjacent to an activating group) is 1. The average molecular weight is 353 g/mol. The number of nitrogens with zero attached hydrogens (tertiary/aromatic N) is 1. The van der Waals surface area contributed by atoms with E-state index >= 15 is 0 Å². The molecule has 0 saturated carbocycles. The molecule has 5 heteroatoms. The van der Waals surface area contributed by atoms with E-state index < -0.39 is 0 Å². The molecule has 5 nitrogen and oxygen atoms in total. The van der Waals surface area contributed by atoms with Crippen LogP contribution in [0.4, 0.5) is 0 Å². The fourth-order valence-electron chi connectivity index (χ4n) is 3.49. The first-order chi connectivity index (χ1) is 12.7. The molecule has 1 aliphatic heterocycles. The summed E-state index contributed by atoms with van der Waals surface area (Å²) in [5.41, 5.74) is 2.45. The number of likely N-dealkylation sites (tertiary alicyclic amines) is 1. The number of amides is 1. The van der Waals surface area contributed by atoms with Crippen LogP contribution in [0.25, 0.3) is 0 Å². The Morgan fingerprint density at radius 3 is 2.50 bits per heavy atom. The second kappa shape index (κ2) is 8.83. The van der Waals surface area contributed by atoms with E-state index in [9.17, 15) is 4.79 Å². The van der Waals surface area contributed by atoms with Crippen LogP contribution in [0.3, 0.4) is 0 Å². The Balaban J connectivity index is 1.60. The van der Waals surface area contributed by atoms with E-state index in [0.29, 0.717) is 6.04 Å². The van der Waals surface area contributed by atoms with Crippen LogP contribution < -0.4 is 15.4 Å². The summed E-state index contributed by atoms with van der Waals surface area (Å²) in [6.45, 7) is 2.44. The van der Waals surface area contributed by atoms with E-state index in [4.69, 9.17) is 4.74 Å². The van der Waals surface area contributed by atoms with E-state index in [-0.39, 0.29) is 11.9 Å². The fraction of sp³-hybridized carbons (Fsp3) is 0.381. The van der Waals surface area contributed by atoms with Crippen molar-refractivity contribution in [1.82, 2.24) is 15.5 Å². The van der Waals surface area contributed by atoms with Gasteiger partial charge in [-0.3, -0.25) is 9.69 Å². The predicted molar refractivity (Wildman–Crippen MR) is 103 cm³/mol. The Labute approximate surface area is 155 Å². The van der Waals surface area contributed by atoms with E-state index in [2.05, 4.69) is 39.8 Å². The van der Waals surface area contributed by atoms with Crippen molar-refractivity contribution in [3.63, 3.8) is 0 Å².